The fourth-order valence-electron chi connectivity index (χ4n) is 2.57. The molecule has 0 aliphatic rings. The molecular weight excluding hydrogens is 242 g/mol. The third kappa shape index (κ3) is 2.73. The summed E-state index contributed by atoms with van der Waals surface area (Å²) in [5, 5.41) is 2.56. The molecule has 0 spiro atoms. The number of rotatable bonds is 3. The summed E-state index contributed by atoms with van der Waals surface area (Å²) in [5.41, 5.74) is 9.65. The molecule has 0 bridgehead atoms. The van der Waals surface area contributed by atoms with Gasteiger partial charge in [-0.2, -0.15) is 0 Å². The zero-order valence-corrected chi connectivity index (χ0v) is 11.7. The molecule has 3 rings (SSSR count). The lowest BCUT2D eigenvalue weighted by atomic mass is 9.99. The Morgan fingerprint density at radius 1 is 0.800 bits per heavy atom. The highest BCUT2D eigenvalue weighted by atomic mass is 14.6. The van der Waals surface area contributed by atoms with E-state index in [1.807, 2.05) is 6.92 Å². The molecule has 1 atom stereocenters. The lowest BCUT2D eigenvalue weighted by Gasteiger charge is -2.08. The molecule has 1 heteroatoms. The largest absolute Gasteiger partial charge is 0.328 e. The smallest absolute Gasteiger partial charge is 0.00509 e. The standard InChI is InChI=1S/C19H19N/c1-14(20)12-15-6-8-17(9-7-15)19-11-10-16-4-2-3-5-18(16)13-19/h2-11,13-14H,12,20H2,1H3. The number of fused-ring (bicyclic) bond motifs is 1. The van der Waals surface area contributed by atoms with Gasteiger partial charge in [0.15, 0.2) is 0 Å². The Kier molecular flexibility index (Phi) is 3.53. The molecule has 1 unspecified atom stereocenters. The van der Waals surface area contributed by atoms with Crippen molar-refractivity contribution in [1.29, 1.82) is 0 Å². The molecule has 0 aliphatic heterocycles. The van der Waals surface area contributed by atoms with E-state index in [0.717, 1.165) is 6.42 Å². The first-order valence-corrected chi connectivity index (χ1v) is 7.06. The van der Waals surface area contributed by atoms with Crippen LogP contribution in [0.1, 0.15) is 12.5 Å². The van der Waals surface area contributed by atoms with Crippen molar-refractivity contribution in [2.24, 2.45) is 5.73 Å². The summed E-state index contributed by atoms with van der Waals surface area (Å²) in [5.74, 6) is 0. The van der Waals surface area contributed by atoms with Gasteiger partial charge in [0, 0.05) is 6.04 Å². The Bertz CT molecular complexity index is 711. The Morgan fingerprint density at radius 2 is 1.45 bits per heavy atom. The average molecular weight is 261 g/mol. The van der Waals surface area contributed by atoms with Crippen molar-refractivity contribution in [1.82, 2.24) is 0 Å². The van der Waals surface area contributed by atoms with E-state index in [1.165, 1.54) is 27.5 Å². The number of hydrogen-bond donors (Lipinski definition) is 1. The predicted octanol–water partition coefficient (Wildman–Crippen LogP) is 4.40. The zero-order valence-electron chi connectivity index (χ0n) is 11.7. The summed E-state index contributed by atoms with van der Waals surface area (Å²) in [6.45, 7) is 2.04. The molecule has 1 nitrogen and oxygen atoms in total. The highest BCUT2D eigenvalue weighted by Gasteiger charge is 2.01. The number of benzene rings is 3. The van der Waals surface area contributed by atoms with Crippen LogP contribution >= 0.6 is 0 Å². The summed E-state index contributed by atoms with van der Waals surface area (Å²) in [4.78, 5) is 0. The zero-order chi connectivity index (χ0) is 13.9. The van der Waals surface area contributed by atoms with E-state index in [0.29, 0.717) is 0 Å². The average Bonchev–Trinajstić information content (AvgIpc) is 2.47. The second-order valence-corrected chi connectivity index (χ2v) is 5.44. The third-order valence-electron chi connectivity index (χ3n) is 3.59. The van der Waals surface area contributed by atoms with Crippen LogP contribution in [-0.2, 0) is 6.42 Å². The Hall–Kier alpha value is -2.12. The second kappa shape index (κ2) is 5.48. The molecule has 0 amide bonds. The molecule has 3 aromatic carbocycles. The number of nitrogens with two attached hydrogens (primary N) is 1. The van der Waals surface area contributed by atoms with E-state index in [2.05, 4.69) is 66.7 Å². The molecule has 0 aromatic heterocycles. The van der Waals surface area contributed by atoms with Crippen molar-refractivity contribution in [3.63, 3.8) is 0 Å². The summed E-state index contributed by atoms with van der Waals surface area (Å²) < 4.78 is 0. The summed E-state index contributed by atoms with van der Waals surface area (Å²) in [7, 11) is 0. The first kappa shape index (κ1) is 12.9. The highest BCUT2D eigenvalue weighted by molar-refractivity contribution is 5.87. The molecule has 0 saturated heterocycles. The van der Waals surface area contributed by atoms with Gasteiger partial charge in [-0.25, -0.2) is 0 Å². The minimum absolute atomic E-state index is 0.210. The van der Waals surface area contributed by atoms with E-state index in [1.54, 1.807) is 0 Å². The Morgan fingerprint density at radius 3 is 2.15 bits per heavy atom. The first-order chi connectivity index (χ1) is 9.72. The molecule has 3 aromatic rings. The lowest BCUT2D eigenvalue weighted by Crippen LogP contribution is -2.17. The molecule has 0 saturated carbocycles. The summed E-state index contributed by atoms with van der Waals surface area (Å²) in [6, 6.07) is 24.0. The molecule has 2 N–H and O–H groups in total. The minimum Gasteiger partial charge on any atom is -0.328 e. The van der Waals surface area contributed by atoms with Gasteiger partial charge in [-0.3, -0.25) is 0 Å². The molecule has 0 heterocycles. The van der Waals surface area contributed by atoms with E-state index < -0.39 is 0 Å². The molecule has 0 radical (unpaired) electrons. The maximum atomic E-state index is 5.84. The van der Waals surface area contributed by atoms with Crippen molar-refractivity contribution in [2.75, 3.05) is 0 Å². The fraction of sp³-hybridized carbons (Fsp3) is 0.158. The van der Waals surface area contributed by atoms with Crippen LogP contribution < -0.4 is 5.73 Å². The van der Waals surface area contributed by atoms with Crippen molar-refractivity contribution in [2.45, 2.75) is 19.4 Å². The maximum absolute atomic E-state index is 5.84. The summed E-state index contributed by atoms with van der Waals surface area (Å²) >= 11 is 0. The normalized spacial score (nSPS) is 12.5. The van der Waals surface area contributed by atoms with E-state index >= 15 is 0 Å². The Balaban J connectivity index is 1.94. The van der Waals surface area contributed by atoms with E-state index in [-0.39, 0.29) is 6.04 Å². The van der Waals surface area contributed by atoms with Gasteiger partial charge in [0.2, 0.25) is 0 Å². The molecule has 0 aliphatic carbocycles. The first-order valence-electron chi connectivity index (χ1n) is 7.06. The maximum Gasteiger partial charge on any atom is 0.00509 e. The van der Waals surface area contributed by atoms with Gasteiger partial charge in [-0.15, -0.1) is 0 Å². The van der Waals surface area contributed by atoms with Crippen LogP contribution in [0.15, 0.2) is 66.7 Å². The van der Waals surface area contributed by atoms with Gasteiger partial charge in [-0.05, 0) is 46.9 Å². The van der Waals surface area contributed by atoms with Gasteiger partial charge in [-0.1, -0.05) is 60.7 Å². The van der Waals surface area contributed by atoms with Crippen LogP contribution in [0.3, 0.4) is 0 Å². The van der Waals surface area contributed by atoms with Crippen LogP contribution in [0.25, 0.3) is 21.9 Å². The topological polar surface area (TPSA) is 26.0 Å². The van der Waals surface area contributed by atoms with Crippen LogP contribution in [-0.4, -0.2) is 6.04 Å². The SMILES string of the molecule is CC(N)Cc1ccc(-c2ccc3ccccc3c2)cc1. The van der Waals surface area contributed by atoms with Gasteiger partial charge >= 0.3 is 0 Å². The van der Waals surface area contributed by atoms with Crippen molar-refractivity contribution in [3.8, 4) is 11.1 Å². The number of hydrogen-bond acceptors (Lipinski definition) is 1. The minimum atomic E-state index is 0.210. The van der Waals surface area contributed by atoms with Crippen LogP contribution in [0.4, 0.5) is 0 Å². The molecule has 20 heavy (non-hydrogen) atoms. The van der Waals surface area contributed by atoms with Crippen LogP contribution in [0, 0.1) is 0 Å². The predicted molar refractivity (Wildman–Crippen MR) is 86.7 cm³/mol. The quantitative estimate of drug-likeness (QED) is 0.743. The molecular formula is C19H19N. The molecule has 100 valence electrons. The van der Waals surface area contributed by atoms with Gasteiger partial charge in [0.1, 0.15) is 0 Å². The van der Waals surface area contributed by atoms with Crippen molar-refractivity contribution in [3.05, 3.63) is 72.3 Å². The van der Waals surface area contributed by atoms with Crippen LogP contribution in [0.5, 0.6) is 0 Å². The van der Waals surface area contributed by atoms with Gasteiger partial charge < -0.3 is 5.73 Å². The van der Waals surface area contributed by atoms with Gasteiger partial charge in [0.25, 0.3) is 0 Å². The van der Waals surface area contributed by atoms with Crippen molar-refractivity contribution < 1.29 is 0 Å². The summed E-state index contributed by atoms with van der Waals surface area (Å²) in [6.07, 6.45) is 0.929. The monoisotopic (exact) mass is 261 g/mol. The van der Waals surface area contributed by atoms with Crippen molar-refractivity contribution >= 4 is 10.8 Å². The van der Waals surface area contributed by atoms with E-state index in [4.69, 9.17) is 5.73 Å². The van der Waals surface area contributed by atoms with E-state index in [9.17, 15) is 0 Å². The van der Waals surface area contributed by atoms with Gasteiger partial charge in [0.05, 0.1) is 0 Å². The Labute approximate surface area is 120 Å². The highest BCUT2D eigenvalue weighted by Crippen LogP contribution is 2.24. The third-order valence-corrected chi connectivity index (χ3v) is 3.59. The fourth-order valence-corrected chi connectivity index (χ4v) is 2.57. The lowest BCUT2D eigenvalue weighted by molar-refractivity contribution is 0.738. The van der Waals surface area contributed by atoms with Crippen LogP contribution in [0.2, 0.25) is 0 Å². The molecule has 0 fully saturated rings. The second-order valence-electron chi connectivity index (χ2n) is 5.44.